The van der Waals surface area contributed by atoms with Crippen LogP contribution in [0, 0.1) is 5.82 Å². The molecule has 2 heterocycles. The van der Waals surface area contributed by atoms with Crippen LogP contribution in [0.25, 0.3) is 33.5 Å². The highest BCUT2D eigenvalue weighted by Crippen LogP contribution is 2.28. The average molecular weight is 326 g/mol. The zero-order valence-corrected chi connectivity index (χ0v) is 13.0. The van der Waals surface area contributed by atoms with Gasteiger partial charge in [0.15, 0.2) is 5.82 Å². The molecule has 4 aromatic rings. The van der Waals surface area contributed by atoms with Crippen molar-refractivity contribution in [2.75, 3.05) is 20.3 Å². The van der Waals surface area contributed by atoms with Crippen molar-refractivity contribution in [3.8, 4) is 17.3 Å². The Morgan fingerprint density at radius 3 is 2.88 bits per heavy atom. The van der Waals surface area contributed by atoms with Crippen molar-refractivity contribution in [2.45, 2.75) is 0 Å². The van der Waals surface area contributed by atoms with Crippen molar-refractivity contribution in [1.82, 2.24) is 20.2 Å². The number of fused-ring (bicyclic) bond motifs is 2. The van der Waals surface area contributed by atoms with Gasteiger partial charge < -0.3 is 14.5 Å². The highest BCUT2D eigenvalue weighted by atomic mass is 19.1. The van der Waals surface area contributed by atoms with Crippen LogP contribution in [0.15, 0.2) is 36.4 Å². The molecule has 2 aromatic heterocycles. The Kier molecular flexibility index (Phi) is 3.62. The minimum Gasteiger partial charge on any atom is -0.491 e. The fourth-order valence-electron chi connectivity index (χ4n) is 2.60. The molecule has 0 unspecified atom stereocenters. The van der Waals surface area contributed by atoms with E-state index in [4.69, 9.17) is 9.47 Å². The summed E-state index contributed by atoms with van der Waals surface area (Å²) in [4.78, 5) is 7.74. The highest BCUT2D eigenvalue weighted by Gasteiger charge is 2.13. The van der Waals surface area contributed by atoms with E-state index in [1.165, 1.54) is 12.1 Å². The zero-order chi connectivity index (χ0) is 16.5. The molecule has 0 spiro atoms. The van der Waals surface area contributed by atoms with Crippen LogP contribution in [0.4, 0.5) is 4.39 Å². The molecule has 7 heteroatoms. The highest BCUT2D eigenvalue weighted by molar-refractivity contribution is 5.93. The lowest BCUT2D eigenvalue weighted by Gasteiger charge is -2.04. The van der Waals surface area contributed by atoms with Gasteiger partial charge in [0, 0.05) is 18.6 Å². The van der Waals surface area contributed by atoms with Gasteiger partial charge in [0.05, 0.1) is 23.2 Å². The largest absolute Gasteiger partial charge is 0.491 e. The normalized spacial score (nSPS) is 11.4. The number of aromatic nitrogens is 4. The molecular formula is C17H15FN4O2. The minimum atomic E-state index is -0.310. The first-order valence-corrected chi connectivity index (χ1v) is 7.50. The molecule has 0 saturated heterocycles. The summed E-state index contributed by atoms with van der Waals surface area (Å²) in [5, 5.41) is 7.83. The first kappa shape index (κ1) is 14.6. The first-order valence-electron chi connectivity index (χ1n) is 7.50. The van der Waals surface area contributed by atoms with Crippen molar-refractivity contribution in [2.24, 2.45) is 0 Å². The van der Waals surface area contributed by atoms with E-state index in [0.29, 0.717) is 30.1 Å². The van der Waals surface area contributed by atoms with E-state index >= 15 is 0 Å². The maximum absolute atomic E-state index is 13.5. The molecule has 2 aromatic carbocycles. The van der Waals surface area contributed by atoms with E-state index < -0.39 is 0 Å². The van der Waals surface area contributed by atoms with Crippen LogP contribution in [0.2, 0.25) is 0 Å². The Balaban J connectivity index is 1.72. The molecule has 6 nitrogen and oxygen atoms in total. The molecule has 0 aliphatic carbocycles. The van der Waals surface area contributed by atoms with Crippen LogP contribution < -0.4 is 4.74 Å². The fourth-order valence-corrected chi connectivity index (χ4v) is 2.60. The Bertz CT molecular complexity index is 1010. The molecule has 122 valence electrons. The molecule has 0 aliphatic heterocycles. The minimum absolute atomic E-state index is 0.310. The first-order chi connectivity index (χ1) is 11.7. The molecule has 0 fully saturated rings. The molecule has 0 bridgehead atoms. The van der Waals surface area contributed by atoms with Gasteiger partial charge in [-0.05, 0) is 30.3 Å². The third kappa shape index (κ3) is 2.59. The lowest BCUT2D eigenvalue weighted by Crippen LogP contribution is -2.03. The van der Waals surface area contributed by atoms with Crippen LogP contribution in [0.5, 0.6) is 5.75 Å². The number of methoxy groups -OCH3 is 1. The quantitative estimate of drug-likeness (QED) is 0.552. The van der Waals surface area contributed by atoms with Crippen LogP contribution >= 0.6 is 0 Å². The van der Waals surface area contributed by atoms with Crippen molar-refractivity contribution in [1.29, 1.82) is 0 Å². The van der Waals surface area contributed by atoms with Crippen molar-refractivity contribution < 1.29 is 13.9 Å². The second-order valence-electron chi connectivity index (χ2n) is 5.37. The van der Waals surface area contributed by atoms with Gasteiger partial charge in [-0.3, -0.25) is 5.10 Å². The van der Waals surface area contributed by atoms with Crippen LogP contribution in [0.3, 0.4) is 0 Å². The van der Waals surface area contributed by atoms with E-state index in [0.717, 1.165) is 22.3 Å². The number of rotatable bonds is 5. The standard InChI is InChI=1S/C17H15FN4O2/c1-23-6-7-24-11-3-5-14-15(9-11)20-17(19-14)16-12-8-10(18)2-4-13(12)21-22-16/h2-5,8-9H,6-7H2,1H3,(H,19,20)(H,21,22). The van der Waals surface area contributed by atoms with Crippen LogP contribution in [-0.4, -0.2) is 40.5 Å². The Labute approximate surface area is 136 Å². The topological polar surface area (TPSA) is 75.8 Å². The molecular weight excluding hydrogens is 311 g/mol. The Morgan fingerprint density at radius 2 is 2.00 bits per heavy atom. The lowest BCUT2D eigenvalue weighted by molar-refractivity contribution is 0.146. The number of hydrogen-bond acceptors (Lipinski definition) is 4. The average Bonchev–Trinajstić information content (AvgIpc) is 3.17. The van der Waals surface area contributed by atoms with E-state index in [2.05, 4.69) is 20.2 Å². The molecule has 24 heavy (non-hydrogen) atoms. The maximum Gasteiger partial charge on any atom is 0.159 e. The number of H-pyrrole nitrogens is 2. The Morgan fingerprint density at radius 1 is 1.08 bits per heavy atom. The van der Waals surface area contributed by atoms with Gasteiger partial charge in [-0.1, -0.05) is 0 Å². The summed E-state index contributed by atoms with van der Waals surface area (Å²) in [6.45, 7) is 1.00. The van der Waals surface area contributed by atoms with Gasteiger partial charge in [0.1, 0.15) is 23.9 Å². The van der Waals surface area contributed by atoms with Crippen molar-refractivity contribution in [3.63, 3.8) is 0 Å². The molecule has 0 radical (unpaired) electrons. The second-order valence-corrected chi connectivity index (χ2v) is 5.37. The van der Waals surface area contributed by atoms with Crippen LogP contribution in [0.1, 0.15) is 0 Å². The van der Waals surface area contributed by atoms with Gasteiger partial charge in [-0.25, -0.2) is 9.37 Å². The SMILES string of the molecule is COCCOc1ccc2nc(-c3n[nH]c4ccc(F)cc34)[nH]c2c1. The smallest absolute Gasteiger partial charge is 0.159 e. The molecule has 0 atom stereocenters. The molecule has 4 rings (SSSR count). The third-order valence-corrected chi connectivity index (χ3v) is 3.76. The lowest BCUT2D eigenvalue weighted by atomic mass is 10.2. The number of nitrogens with zero attached hydrogens (tertiary/aromatic N) is 2. The number of hydrogen-bond donors (Lipinski definition) is 2. The summed E-state index contributed by atoms with van der Waals surface area (Å²) in [6, 6.07) is 10.1. The number of nitrogens with one attached hydrogen (secondary N) is 2. The monoisotopic (exact) mass is 326 g/mol. The number of benzene rings is 2. The van der Waals surface area contributed by atoms with E-state index in [-0.39, 0.29) is 5.82 Å². The van der Waals surface area contributed by atoms with Crippen LogP contribution in [-0.2, 0) is 4.74 Å². The van der Waals surface area contributed by atoms with Gasteiger partial charge in [-0.15, -0.1) is 0 Å². The number of aromatic amines is 2. The fraction of sp³-hybridized carbons (Fsp3) is 0.176. The summed E-state index contributed by atoms with van der Waals surface area (Å²) < 4.78 is 24.1. The van der Waals surface area contributed by atoms with Crippen molar-refractivity contribution in [3.05, 3.63) is 42.2 Å². The second kappa shape index (κ2) is 5.93. The van der Waals surface area contributed by atoms with Gasteiger partial charge in [0.25, 0.3) is 0 Å². The molecule has 0 aliphatic rings. The Hall–Kier alpha value is -2.93. The van der Waals surface area contributed by atoms with E-state index in [9.17, 15) is 4.39 Å². The number of imidazole rings is 1. The number of halogens is 1. The van der Waals surface area contributed by atoms with Gasteiger partial charge in [-0.2, -0.15) is 5.10 Å². The summed E-state index contributed by atoms with van der Waals surface area (Å²) in [6.07, 6.45) is 0. The van der Waals surface area contributed by atoms with Gasteiger partial charge >= 0.3 is 0 Å². The molecule has 0 saturated carbocycles. The summed E-state index contributed by atoms with van der Waals surface area (Å²) >= 11 is 0. The predicted octanol–water partition coefficient (Wildman–Crippen LogP) is 3.27. The number of ether oxygens (including phenoxy) is 2. The van der Waals surface area contributed by atoms with Crippen molar-refractivity contribution >= 4 is 21.9 Å². The molecule has 2 N–H and O–H groups in total. The maximum atomic E-state index is 13.5. The third-order valence-electron chi connectivity index (χ3n) is 3.76. The van der Waals surface area contributed by atoms with E-state index in [1.807, 2.05) is 18.2 Å². The van der Waals surface area contributed by atoms with Gasteiger partial charge in [0.2, 0.25) is 0 Å². The summed E-state index contributed by atoms with van der Waals surface area (Å²) in [5.41, 5.74) is 2.96. The van der Waals surface area contributed by atoms with E-state index in [1.54, 1.807) is 13.2 Å². The summed E-state index contributed by atoms with van der Waals surface area (Å²) in [7, 11) is 1.63. The molecule has 0 amide bonds. The zero-order valence-electron chi connectivity index (χ0n) is 13.0. The predicted molar refractivity (Wildman–Crippen MR) is 88.5 cm³/mol. The summed E-state index contributed by atoms with van der Waals surface area (Å²) in [5.74, 6) is 0.999.